The molecule has 1 aliphatic carbocycles. The van der Waals surface area contributed by atoms with Crippen molar-refractivity contribution >= 4 is 5.82 Å². The van der Waals surface area contributed by atoms with Crippen molar-refractivity contribution in [1.29, 1.82) is 5.26 Å². The fourth-order valence-electron chi connectivity index (χ4n) is 3.97. The van der Waals surface area contributed by atoms with Gasteiger partial charge in [0.05, 0.1) is 18.8 Å². The minimum atomic E-state index is 0.161. The monoisotopic (exact) mass is 300 g/mol. The summed E-state index contributed by atoms with van der Waals surface area (Å²) in [5.74, 6) is 0.706. The van der Waals surface area contributed by atoms with Gasteiger partial charge in [0.25, 0.3) is 0 Å². The van der Waals surface area contributed by atoms with E-state index in [1.54, 1.807) is 6.20 Å². The Morgan fingerprint density at radius 1 is 1.36 bits per heavy atom. The van der Waals surface area contributed by atoms with Crippen LogP contribution in [-0.4, -0.2) is 47.8 Å². The van der Waals surface area contributed by atoms with Crippen molar-refractivity contribution in [3.05, 3.63) is 23.9 Å². The van der Waals surface area contributed by atoms with E-state index >= 15 is 0 Å². The van der Waals surface area contributed by atoms with Gasteiger partial charge in [-0.25, -0.2) is 4.98 Å². The maximum Gasteiger partial charge on any atom is 0.144 e. The van der Waals surface area contributed by atoms with E-state index in [0.29, 0.717) is 11.4 Å². The highest BCUT2D eigenvalue weighted by Gasteiger charge is 2.44. The van der Waals surface area contributed by atoms with E-state index in [4.69, 9.17) is 4.74 Å². The highest BCUT2D eigenvalue weighted by atomic mass is 16.5. The van der Waals surface area contributed by atoms with Crippen LogP contribution in [0, 0.1) is 11.3 Å². The first-order chi connectivity index (χ1) is 10.8. The van der Waals surface area contributed by atoms with Crippen LogP contribution in [0.4, 0.5) is 5.82 Å². The second kappa shape index (κ2) is 6.64. The standard InChI is InChI=1S/C17H24N4O/c1-14(20-16-15(13-18)5-4-8-19-16)17(6-2-3-7-17)21-9-11-22-12-10-21/h4-5,8,14H,2-3,6-7,9-12H2,1H3,(H,19,20). The number of hydrogen-bond donors (Lipinski definition) is 1. The number of hydrogen-bond acceptors (Lipinski definition) is 5. The van der Waals surface area contributed by atoms with Gasteiger partial charge in [0.1, 0.15) is 11.9 Å². The molecule has 0 spiro atoms. The van der Waals surface area contributed by atoms with Crippen LogP contribution in [0.1, 0.15) is 38.2 Å². The summed E-state index contributed by atoms with van der Waals surface area (Å²) < 4.78 is 5.52. The third-order valence-electron chi connectivity index (χ3n) is 5.20. The minimum Gasteiger partial charge on any atom is -0.379 e. The summed E-state index contributed by atoms with van der Waals surface area (Å²) in [4.78, 5) is 6.95. The normalized spacial score (nSPS) is 22.9. The maximum atomic E-state index is 9.25. The molecular weight excluding hydrogens is 276 g/mol. The maximum absolute atomic E-state index is 9.25. The zero-order valence-electron chi connectivity index (χ0n) is 13.2. The Morgan fingerprint density at radius 3 is 2.77 bits per heavy atom. The summed E-state index contributed by atoms with van der Waals surface area (Å²) in [7, 11) is 0. The molecule has 118 valence electrons. The van der Waals surface area contributed by atoms with Crippen molar-refractivity contribution in [3.8, 4) is 6.07 Å². The van der Waals surface area contributed by atoms with Crippen LogP contribution in [0.5, 0.6) is 0 Å². The molecule has 0 aromatic carbocycles. The highest BCUT2D eigenvalue weighted by Crippen LogP contribution is 2.39. The summed E-state index contributed by atoms with van der Waals surface area (Å²) in [6, 6.07) is 6.11. The number of pyridine rings is 1. The van der Waals surface area contributed by atoms with E-state index in [0.717, 1.165) is 26.3 Å². The van der Waals surface area contributed by atoms with E-state index in [9.17, 15) is 5.26 Å². The number of rotatable bonds is 4. The fourth-order valence-corrected chi connectivity index (χ4v) is 3.97. The lowest BCUT2D eigenvalue weighted by molar-refractivity contribution is -0.0261. The molecule has 5 heteroatoms. The zero-order valence-corrected chi connectivity index (χ0v) is 13.2. The molecule has 3 rings (SSSR count). The number of ether oxygens (including phenoxy) is 1. The van der Waals surface area contributed by atoms with Crippen LogP contribution in [0.25, 0.3) is 0 Å². The third kappa shape index (κ3) is 2.81. The van der Waals surface area contributed by atoms with Crippen LogP contribution < -0.4 is 5.32 Å². The number of nitrogens with one attached hydrogen (secondary N) is 1. The predicted molar refractivity (Wildman–Crippen MR) is 85.6 cm³/mol. The summed E-state index contributed by atoms with van der Waals surface area (Å²) in [5, 5.41) is 12.8. The van der Waals surface area contributed by atoms with Gasteiger partial charge in [-0.3, -0.25) is 4.90 Å². The van der Waals surface area contributed by atoms with Gasteiger partial charge >= 0.3 is 0 Å². The van der Waals surface area contributed by atoms with Gasteiger partial charge < -0.3 is 10.1 Å². The first-order valence-electron chi connectivity index (χ1n) is 8.21. The van der Waals surface area contributed by atoms with Crippen molar-refractivity contribution in [2.45, 2.75) is 44.2 Å². The van der Waals surface area contributed by atoms with E-state index in [1.807, 2.05) is 12.1 Å². The summed E-state index contributed by atoms with van der Waals surface area (Å²) in [6.45, 7) is 5.87. The largest absolute Gasteiger partial charge is 0.379 e. The Balaban J connectivity index is 1.81. The zero-order chi connectivity index (χ0) is 15.4. The van der Waals surface area contributed by atoms with Gasteiger partial charge in [-0.05, 0) is 31.9 Å². The quantitative estimate of drug-likeness (QED) is 0.925. The average Bonchev–Trinajstić information content (AvgIpc) is 3.07. The van der Waals surface area contributed by atoms with Crippen molar-refractivity contribution in [3.63, 3.8) is 0 Å². The topological polar surface area (TPSA) is 61.2 Å². The number of nitrogens with zero attached hydrogens (tertiary/aromatic N) is 3. The molecule has 2 heterocycles. The molecule has 1 aromatic rings. The molecule has 0 amide bonds. The second-order valence-corrected chi connectivity index (χ2v) is 6.29. The van der Waals surface area contributed by atoms with Crippen LogP contribution in [0.2, 0.25) is 0 Å². The van der Waals surface area contributed by atoms with Crippen molar-refractivity contribution in [2.75, 3.05) is 31.6 Å². The second-order valence-electron chi connectivity index (χ2n) is 6.29. The highest BCUT2D eigenvalue weighted by molar-refractivity contribution is 5.52. The Kier molecular flexibility index (Phi) is 4.60. The van der Waals surface area contributed by atoms with E-state index in [-0.39, 0.29) is 11.6 Å². The third-order valence-corrected chi connectivity index (χ3v) is 5.20. The summed E-state index contributed by atoms with van der Waals surface area (Å²) in [6.07, 6.45) is 6.70. The minimum absolute atomic E-state index is 0.161. The lowest BCUT2D eigenvalue weighted by atomic mass is 9.86. The molecule has 5 nitrogen and oxygen atoms in total. The first-order valence-corrected chi connectivity index (χ1v) is 8.21. The van der Waals surface area contributed by atoms with Gasteiger partial charge in [-0.15, -0.1) is 0 Å². The molecule has 1 aromatic heterocycles. The molecule has 2 aliphatic rings. The number of aromatic nitrogens is 1. The Morgan fingerprint density at radius 2 is 2.09 bits per heavy atom. The fraction of sp³-hybridized carbons (Fsp3) is 0.647. The first kappa shape index (κ1) is 15.3. The van der Waals surface area contributed by atoms with Crippen molar-refractivity contribution < 1.29 is 4.74 Å². The average molecular weight is 300 g/mol. The molecular formula is C17H24N4O. The van der Waals surface area contributed by atoms with E-state index < -0.39 is 0 Å². The van der Waals surface area contributed by atoms with Crippen molar-refractivity contribution in [2.24, 2.45) is 0 Å². The Labute approximate surface area is 132 Å². The lowest BCUT2D eigenvalue weighted by Gasteiger charge is -2.47. The number of anilines is 1. The van der Waals surface area contributed by atoms with Gasteiger partial charge in [0, 0.05) is 30.9 Å². The van der Waals surface area contributed by atoms with E-state index in [1.165, 1.54) is 25.7 Å². The molecule has 1 saturated heterocycles. The lowest BCUT2D eigenvalue weighted by Crippen LogP contribution is -2.59. The van der Waals surface area contributed by atoms with Crippen LogP contribution in [-0.2, 0) is 4.74 Å². The summed E-state index contributed by atoms with van der Waals surface area (Å²) in [5.41, 5.74) is 0.776. The molecule has 1 aliphatic heterocycles. The number of morpholine rings is 1. The molecule has 0 bridgehead atoms. The smallest absolute Gasteiger partial charge is 0.144 e. The van der Waals surface area contributed by atoms with Gasteiger partial charge in [-0.1, -0.05) is 12.8 Å². The molecule has 1 atom stereocenters. The van der Waals surface area contributed by atoms with Gasteiger partial charge in [-0.2, -0.15) is 5.26 Å². The van der Waals surface area contributed by atoms with Crippen LogP contribution in [0.3, 0.4) is 0 Å². The van der Waals surface area contributed by atoms with Crippen LogP contribution in [0.15, 0.2) is 18.3 Å². The Bertz CT molecular complexity index is 542. The summed E-state index contributed by atoms with van der Waals surface area (Å²) >= 11 is 0. The molecule has 0 radical (unpaired) electrons. The predicted octanol–water partition coefficient (Wildman–Crippen LogP) is 2.40. The van der Waals surface area contributed by atoms with Gasteiger partial charge in [0.15, 0.2) is 0 Å². The van der Waals surface area contributed by atoms with E-state index in [2.05, 4.69) is 28.2 Å². The molecule has 1 unspecified atom stereocenters. The number of nitriles is 1. The van der Waals surface area contributed by atoms with Crippen LogP contribution >= 0.6 is 0 Å². The van der Waals surface area contributed by atoms with Crippen molar-refractivity contribution in [1.82, 2.24) is 9.88 Å². The molecule has 1 N–H and O–H groups in total. The Hall–Kier alpha value is -1.64. The molecule has 1 saturated carbocycles. The molecule has 22 heavy (non-hydrogen) atoms. The van der Waals surface area contributed by atoms with Gasteiger partial charge in [0.2, 0.25) is 0 Å². The SMILES string of the molecule is CC(Nc1ncccc1C#N)C1(N2CCOCC2)CCCC1. The molecule has 2 fully saturated rings.